The summed E-state index contributed by atoms with van der Waals surface area (Å²) in [6, 6.07) is 5.35. The summed E-state index contributed by atoms with van der Waals surface area (Å²) >= 11 is 8.00. The maximum absolute atomic E-state index is 9.65. The Morgan fingerprint density at radius 1 is 1.43 bits per heavy atom. The number of phenols is 1. The summed E-state index contributed by atoms with van der Waals surface area (Å²) in [6.45, 7) is 0. The molecule has 2 aromatic rings. The van der Waals surface area contributed by atoms with Gasteiger partial charge < -0.3 is 5.11 Å². The zero-order valence-electron chi connectivity index (χ0n) is 7.04. The van der Waals surface area contributed by atoms with E-state index in [1.165, 1.54) is 0 Å². The molecule has 0 unspecified atom stereocenters. The van der Waals surface area contributed by atoms with Crippen LogP contribution in [-0.2, 0) is 0 Å². The molecule has 5 heteroatoms. The van der Waals surface area contributed by atoms with Gasteiger partial charge in [-0.15, -0.1) is 0 Å². The molecule has 0 aliphatic carbocycles. The van der Waals surface area contributed by atoms with Gasteiger partial charge in [-0.2, -0.15) is 0 Å². The zero-order chi connectivity index (χ0) is 9.42. The van der Waals surface area contributed by atoms with Crippen LogP contribution in [-0.4, -0.2) is 37.4 Å². The first kappa shape index (κ1) is 12.4. The molecular weight excluding hydrogens is 501 g/mol. The molecule has 1 radical (unpaired) electrons. The average molecular weight is 506 g/mol. The van der Waals surface area contributed by atoms with E-state index in [0.717, 1.165) is 5.39 Å². The maximum Gasteiger partial charge on any atom is 0.155 e. The van der Waals surface area contributed by atoms with Crippen LogP contribution in [0, 0.1) is 3.57 Å². The van der Waals surface area contributed by atoms with E-state index in [4.69, 9.17) is 11.6 Å². The van der Waals surface area contributed by atoms with Gasteiger partial charge in [0.2, 0.25) is 0 Å². The number of aromatic nitrogens is 1. The van der Waals surface area contributed by atoms with Crippen LogP contribution in [0.4, 0.5) is 0 Å². The van der Waals surface area contributed by atoms with Gasteiger partial charge in [-0.3, -0.25) is 4.98 Å². The molecule has 0 aliphatic heterocycles. The summed E-state index contributed by atoms with van der Waals surface area (Å²) in [4.78, 5) is 4.06. The monoisotopic (exact) mass is 506 g/mol. The van der Waals surface area contributed by atoms with Crippen LogP contribution in [0.5, 0.6) is 5.75 Å². The molecule has 0 fully saturated rings. The Morgan fingerprint density at radius 3 is 2.86 bits per heavy atom. The van der Waals surface area contributed by atoms with E-state index in [9.17, 15) is 5.11 Å². The summed E-state index contributed by atoms with van der Waals surface area (Å²) in [5, 5.41) is 11.0. The fraction of sp³-hybridized carbons (Fsp3) is 0. The smallest absolute Gasteiger partial charge is 0.155 e. The van der Waals surface area contributed by atoms with Crippen molar-refractivity contribution in [1.29, 1.82) is 0 Å². The van der Waals surface area contributed by atoms with Crippen molar-refractivity contribution in [3.05, 3.63) is 33.0 Å². The standard InChI is InChI=1S/C9H5ClINO.Tl/c10-6-4-7(11)9(13)8-5(6)2-1-3-12-8;/h1-4,13H;/i;1-3. The predicted molar refractivity (Wildman–Crippen MR) is 66.9 cm³/mol. The van der Waals surface area contributed by atoms with E-state index >= 15 is 0 Å². The summed E-state index contributed by atoms with van der Waals surface area (Å²) in [5.74, 6) is 0.195. The fourth-order valence-corrected chi connectivity index (χ4v) is 2.17. The topological polar surface area (TPSA) is 33.1 Å². The first-order chi connectivity index (χ1) is 6.20. The Hall–Kier alpha value is 0.372. The van der Waals surface area contributed by atoms with Crippen molar-refractivity contribution < 1.29 is 5.11 Å². The van der Waals surface area contributed by atoms with Gasteiger partial charge in [0.15, 0.2) is 5.75 Å². The van der Waals surface area contributed by atoms with Gasteiger partial charge >= 0.3 is 0 Å². The first-order valence-electron chi connectivity index (χ1n) is 3.62. The molecule has 0 saturated carbocycles. The van der Waals surface area contributed by atoms with Gasteiger partial charge in [0, 0.05) is 38.9 Å². The Kier molecular flexibility index (Phi) is 4.38. The van der Waals surface area contributed by atoms with Crippen LogP contribution in [0.2, 0.25) is 5.02 Å². The molecule has 2 rings (SSSR count). The molecule has 0 amide bonds. The minimum atomic E-state index is 0. The normalized spacial score (nSPS) is 9.86. The first-order valence-corrected chi connectivity index (χ1v) is 5.07. The van der Waals surface area contributed by atoms with Gasteiger partial charge in [-0.1, -0.05) is 11.6 Å². The van der Waals surface area contributed by atoms with Crippen LogP contribution >= 0.6 is 34.2 Å². The van der Waals surface area contributed by atoms with E-state index in [-0.39, 0.29) is 33.0 Å². The molecule has 0 spiro atoms. The van der Waals surface area contributed by atoms with Crippen molar-refractivity contribution in [3.8, 4) is 5.75 Å². The quantitative estimate of drug-likeness (QED) is 0.441. The Morgan fingerprint density at radius 2 is 2.14 bits per heavy atom. The SMILES string of the molecule is Oc1c(I)cc(Cl)c2cccnc12.[201Tl]. The zero-order valence-corrected chi connectivity index (χ0v) is 14.4. The van der Waals surface area contributed by atoms with E-state index in [0.29, 0.717) is 14.1 Å². The summed E-state index contributed by atoms with van der Waals surface area (Å²) < 4.78 is 0.716. The van der Waals surface area contributed by atoms with E-state index in [1.54, 1.807) is 18.3 Å². The molecule has 2 nitrogen and oxygen atoms in total. The van der Waals surface area contributed by atoms with E-state index in [1.807, 2.05) is 28.7 Å². The number of fused-ring (bicyclic) bond motifs is 1. The number of phenolic OH excluding ortho intramolecular Hbond substituents is 1. The van der Waals surface area contributed by atoms with Crippen molar-refractivity contribution >= 4 is 72.4 Å². The number of aromatic hydroxyl groups is 1. The molecule has 69 valence electrons. The molecule has 0 aliphatic rings. The number of nitrogens with zero attached hydrogens (tertiary/aromatic N) is 1. The predicted octanol–water partition coefficient (Wildman–Crippen LogP) is 2.82. The van der Waals surface area contributed by atoms with Crippen LogP contribution in [0.25, 0.3) is 10.9 Å². The molecule has 0 saturated heterocycles. The Bertz CT molecular complexity index is 478. The number of hydrogen-bond donors (Lipinski definition) is 1. The van der Waals surface area contributed by atoms with Crippen LogP contribution < -0.4 is 0 Å². The van der Waals surface area contributed by atoms with Crippen molar-refractivity contribution in [2.24, 2.45) is 0 Å². The van der Waals surface area contributed by atoms with Crippen LogP contribution in [0.15, 0.2) is 24.4 Å². The van der Waals surface area contributed by atoms with Crippen LogP contribution in [0.1, 0.15) is 0 Å². The second kappa shape index (κ2) is 4.93. The van der Waals surface area contributed by atoms with Gasteiger partial charge in [0.1, 0.15) is 5.52 Å². The second-order valence-corrected chi connectivity index (χ2v) is 4.16. The summed E-state index contributed by atoms with van der Waals surface area (Å²) in [7, 11) is 0. The summed E-state index contributed by atoms with van der Waals surface area (Å²) in [6.07, 6.45) is 1.63. The van der Waals surface area contributed by atoms with Crippen molar-refractivity contribution in [1.82, 2.24) is 4.98 Å². The Labute approximate surface area is 120 Å². The van der Waals surface area contributed by atoms with E-state index < -0.39 is 0 Å². The number of hydrogen-bond acceptors (Lipinski definition) is 2. The second-order valence-electron chi connectivity index (χ2n) is 2.59. The Balaban J connectivity index is 0.000000980. The average Bonchev–Trinajstić information content (AvgIpc) is 2.15. The fourth-order valence-electron chi connectivity index (χ4n) is 1.16. The number of halogens is 2. The van der Waals surface area contributed by atoms with Crippen LogP contribution in [0.3, 0.4) is 0 Å². The maximum atomic E-state index is 9.65. The molecule has 1 heterocycles. The number of rotatable bonds is 0. The third-order valence-corrected chi connectivity index (χ3v) is 2.90. The third-order valence-electron chi connectivity index (χ3n) is 1.77. The molecule has 14 heavy (non-hydrogen) atoms. The minimum Gasteiger partial charge on any atom is -0.505 e. The van der Waals surface area contributed by atoms with Gasteiger partial charge in [-0.25, -0.2) is 0 Å². The molecule has 0 bridgehead atoms. The van der Waals surface area contributed by atoms with Crippen molar-refractivity contribution in [3.63, 3.8) is 0 Å². The molecule has 0 atom stereocenters. The molecule has 1 N–H and O–H groups in total. The van der Waals surface area contributed by atoms with Crippen molar-refractivity contribution in [2.45, 2.75) is 0 Å². The molecule has 1 aromatic heterocycles. The van der Waals surface area contributed by atoms with Gasteiger partial charge in [-0.05, 0) is 40.8 Å². The minimum absolute atomic E-state index is 0. The number of benzene rings is 1. The van der Waals surface area contributed by atoms with Crippen molar-refractivity contribution in [2.75, 3.05) is 0 Å². The summed E-state index contributed by atoms with van der Waals surface area (Å²) in [5.41, 5.74) is 0.555. The largest absolute Gasteiger partial charge is 0.505 e. The molecular formula is C9H5ClINOTl. The molecule has 1 aromatic carbocycles. The third kappa shape index (κ3) is 2.14. The number of pyridine rings is 1. The van der Waals surface area contributed by atoms with Gasteiger partial charge in [0.25, 0.3) is 0 Å². The van der Waals surface area contributed by atoms with Gasteiger partial charge in [0.05, 0.1) is 8.59 Å². The van der Waals surface area contributed by atoms with E-state index in [2.05, 4.69) is 4.98 Å².